The van der Waals surface area contributed by atoms with Crippen molar-refractivity contribution in [1.82, 2.24) is 5.32 Å². The smallest absolute Gasteiger partial charge is 0.241 e. The highest BCUT2D eigenvalue weighted by atomic mass is 35.5. The molecular formula is C22H28ClN3O2. The van der Waals surface area contributed by atoms with Gasteiger partial charge in [-0.25, -0.2) is 0 Å². The van der Waals surface area contributed by atoms with Gasteiger partial charge in [0.2, 0.25) is 5.91 Å². The number of rotatable bonds is 8. The molecule has 0 spiro atoms. The highest BCUT2D eigenvalue weighted by Crippen LogP contribution is 2.23. The maximum atomic E-state index is 12.5. The van der Waals surface area contributed by atoms with Crippen molar-refractivity contribution in [2.24, 2.45) is 0 Å². The number of nitrogens with one attached hydrogen (secondary N) is 2. The van der Waals surface area contributed by atoms with Crippen molar-refractivity contribution in [3.63, 3.8) is 0 Å². The molecule has 1 fully saturated rings. The molecule has 6 heteroatoms. The fourth-order valence-electron chi connectivity index (χ4n) is 3.42. The summed E-state index contributed by atoms with van der Waals surface area (Å²) in [5, 5.41) is 16.9. The molecule has 150 valence electrons. The van der Waals surface area contributed by atoms with Gasteiger partial charge in [-0.1, -0.05) is 29.8 Å². The first kappa shape index (κ1) is 20.6. The molecule has 1 heterocycles. The first-order valence-electron chi connectivity index (χ1n) is 9.83. The summed E-state index contributed by atoms with van der Waals surface area (Å²) >= 11 is 5.97. The predicted molar refractivity (Wildman–Crippen MR) is 115 cm³/mol. The summed E-state index contributed by atoms with van der Waals surface area (Å²) in [6.07, 6.45) is 2.33. The van der Waals surface area contributed by atoms with E-state index in [0.29, 0.717) is 18.0 Å². The number of amides is 1. The van der Waals surface area contributed by atoms with Crippen LogP contribution in [0.4, 0.5) is 11.4 Å². The number of halogens is 1. The lowest BCUT2D eigenvalue weighted by atomic mass is 10.1. The van der Waals surface area contributed by atoms with Crippen molar-refractivity contribution in [3.8, 4) is 0 Å². The molecule has 0 bridgehead atoms. The molecule has 0 saturated carbocycles. The lowest BCUT2D eigenvalue weighted by molar-refractivity contribution is -0.117. The van der Waals surface area contributed by atoms with Crippen LogP contribution in [0.25, 0.3) is 0 Å². The number of nitrogens with zero attached hydrogens (tertiary/aromatic N) is 1. The zero-order valence-corrected chi connectivity index (χ0v) is 17.0. The quantitative estimate of drug-likeness (QED) is 0.633. The second-order valence-corrected chi connectivity index (χ2v) is 7.79. The van der Waals surface area contributed by atoms with E-state index in [0.717, 1.165) is 30.0 Å². The summed E-state index contributed by atoms with van der Waals surface area (Å²) in [7, 11) is 0. The number of hydrogen-bond donors (Lipinski definition) is 3. The minimum atomic E-state index is -0.591. The Bertz CT molecular complexity index is 793. The van der Waals surface area contributed by atoms with Gasteiger partial charge >= 0.3 is 0 Å². The van der Waals surface area contributed by atoms with E-state index >= 15 is 0 Å². The fourth-order valence-corrected chi connectivity index (χ4v) is 3.63. The van der Waals surface area contributed by atoms with Crippen LogP contribution in [-0.2, 0) is 11.2 Å². The first-order valence-corrected chi connectivity index (χ1v) is 10.2. The molecule has 0 aliphatic carbocycles. The Morgan fingerprint density at radius 2 is 1.93 bits per heavy atom. The lowest BCUT2D eigenvalue weighted by Crippen LogP contribution is -2.42. The predicted octanol–water partition coefficient (Wildman–Crippen LogP) is 3.46. The van der Waals surface area contributed by atoms with Gasteiger partial charge in [-0.3, -0.25) is 4.79 Å². The molecule has 1 aliphatic rings. The number of aliphatic hydroxyl groups excluding tert-OH is 1. The second-order valence-electron chi connectivity index (χ2n) is 7.35. The van der Waals surface area contributed by atoms with E-state index < -0.39 is 12.1 Å². The molecular weight excluding hydrogens is 374 g/mol. The molecule has 2 unspecified atom stereocenters. The molecule has 0 radical (unpaired) electrons. The summed E-state index contributed by atoms with van der Waals surface area (Å²) in [5.74, 6) is -0.117. The average Bonchev–Trinajstić information content (AvgIpc) is 3.21. The monoisotopic (exact) mass is 401 g/mol. The maximum absolute atomic E-state index is 12.5. The summed E-state index contributed by atoms with van der Waals surface area (Å²) in [6.45, 7) is 4.26. The molecule has 2 atom stereocenters. The Labute approximate surface area is 171 Å². The van der Waals surface area contributed by atoms with Crippen LogP contribution in [0.5, 0.6) is 0 Å². The molecule has 1 amide bonds. The van der Waals surface area contributed by atoms with E-state index in [1.54, 1.807) is 13.0 Å². The van der Waals surface area contributed by atoms with Crippen molar-refractivity contribution in [1.29, 1.82) is 0 Å². The molecule has 1 aliphatic heterocycles. The number of anilines is 2. The van der Waals surface area contributed by atoms with Crippen LogP contribution in [0.3, 0.4) is 0 Å². The molecule has 3 N–H and O–H groups in total. The Hall–Kier alpha value is -2.08. The van der Waals surface area contributed by atoms with Crippen LogP contribution < -0.4 is 15.5 Å². The molecule has 0 aromatic heterocycles. The summed E-state index contributed by atoms with van der Waals surface area (Å²) in [4.78, 5) is 14.8. The van der Waals surface area contributed by atoms with Gasteiger partial charge in [0.25, 0.3) is 0 Å². The van der Waals surface area contributed by atoms with E-state index in [2.05, 4.69) is 21.6 Å². The van der Waals surface area contributed by atoms with E-state index in [4.69, 9.17) is 11.6 Å². The van der Waals surface area contributed by atoms with Gasteiger partial charge < -0.3 is 20.6 Å². The largest absolute Gasteiger partial charge is 0.391 e. The zero-order chi connectivity index (χ0) is 19.9. The lowest BCUT2D eigenvalue weighted by Gasteiger charge is -2.20. The highest BCUT2D eigenvalue weighted by molar-refractivity contribution is 6.30. The van der Waals surface area contributed by atoms with Gasteiger partial charge in [0.15, 0.2) is 0 Å². The number of aliphatic hydroxyl groups is 1. The number of hydrogen-bond acceptors (Lipinski definition) is 4. The van der Waals surface area contributed by atoms with Gasteiger partial charge in [-0.05, 0) is 62.1 Å². The first-order chi connectivity index (χ1) is 13.5. The van der Waals surface area contributed by atoms with Gasteiger partial charge in [-0.15, -0.1) is 0 Å². The number of carbonyl (C=O) groups excluding carboxylic acids is 1. The second kappa shape index (κ2) is 9.92. The standard InChI is InChI=1S/C22H28ClN3O2/c1-16(24-15-21(27)13-17-6-4-7-18(23)12-17)22(28)25-19-8-5-9-20(14-19)26-10-2-3-11-26/h4-9,12,14,16,21,24,27H,2-3,10-11,13,15H2,1H3,(H,25,28). The SMILES string of the molecule is CC(NCC(O)Cc1cccc(Cl)c1)C(=O)Nc1cccc(N2CCCC2)c1. The van der Waals surface area contributed by atoms with Crippen molar-refractivity contribution >= 4 is 28.9 Å². The third-order valence-electron chi connectivity index (χ3n) is 5.00. The van der Waals surface area contributed by atoms with Crippen LogP contribution in [-0.4, -0.2) is 42.8 Å². The van der Waals surface area contributed by atoms with Crippen LogP contribution in [0.2, 0.25) is 5.02 Å². The van der Waals surface area contributed by atoms with E-state index in [-0.39, 0.29) is 5.91 Å². The van der Waals surface area contributed by atoms with Gasteiger partial charge in [-0.2, -0.15) is 0 Å². The summed E-state index contributed by atoms with van der Waals surface area (Å²) in [6, 6.07) is 15.0. The zero-order valence-electron chi connectivity index (χ0n) is 16.2. The molecule has 2 aromatic carbocycles. The molecule has 5 nitrogen and oxygen atoms in total. The average molecular weight is 402 g/mol. The topological polar surface area (TPSA) is 64.6 Å². The van der Waals surface area contributed by atoms with Crippen LogP contribution in [0.1, 0.15) is 25.3 Å². The van der Waals surface area contributed by atoms with Crippen molar-refractivity contribution in [3.05, 3.63) is 59.1 Å². The van der Waals surface area contributed by atoms with Gasteiger partial charge in [0, 0.05) is 36.0 Å². The third kappa shape index (κ3) is 5.96. The molecule has 1 saturated heterocycles. The van der Waals surface area contributed by atoms with Crippen LogP contribution in [0.15, 0.2) is 48.5 Å². The van der Waals surface area contributed by atoms with Crippen molar-refractivity contribution < 1.29 is 9.90 Å². The van der Waals surface area contributed by atoms with E-state index in [9.17, 15) is 9.90 Å². The fraction of sp³-hybridized carbons (Fsp3) is 0.409. The van der Waals surface area contributed by atoms with E-state index in [1.807, 2.05) is 36.4 Å². The maximum Gasteiger partial charge on any atom is 0.241 e. The highest BCUT2D eigenvalue weighted by Gasteiger charge is 2.16. The van der Waals surface area contributed by atoms with Crippen LogP contribution in [0, 0.1) is 0 Å². The van der Waals surface area contributed by atoms with E-state index in [1.165, 1.54) is 12.8 Å². The third-order valence-corrected chi connectivity index (χ3v) is 5.23. The Morgan fingerprint density at radius 1 is 1.18 bits per heavy atom. The summed E-state index contributed by atoms with van der Waals surface area (Å²) < 4.78 is 0. The van der Waals surface area contributed by atoms with Crippen molar-refractivity contribution in [2.75, 3.05) is 29.9 Å². The molecule has 2 aromatic rings. The Balaban J connectivity index is 1.47. The van der Waals surface area contributed by atoms with Crippen LogP contribution >= 0.6 is 11.6 Å². The normalized spacial score (nSPS) is 16.0. The number of carbonyl (C=O) groups is 1. The van der Waals surface area contributed by atoms with Gasteiger partial charge in [0.1, 0.15) is 0 Å². The van der Waals surface area contributed by atoms with Crippen molar-refractivity contribution in [2.45, 2.75) is 38.3 Å². The Kier molecular flexibility index (Phi) is 7.31. The number of benzene rings is 2. The molecule has 28 heavy (non-hydrogen) atoms. The summed E-state index contributed by atoms with van der Waals surface area (Å²) in [5.41, 5.74) is 2.91. The van der Waals surface area contributed by atoms with Gasteiger partial charge in [0.05, 0.1) is 12.1 Å². The Morgan fingerprint density at radius 3 is 2.68 bits per heavy atom. The minimum absolute atomic E-state index is 0.117. The minimum Gasteiger partial charge on any atom is -0.391 e. The molecule has 3 rings (SSSR count).